The quantitative estimate of drug-likeness (QED) is 0.745. The first kappa shape index (κ1) is 16.9. The predicted octanol–water partition coefficient (Wildman–Crippen LogP) is 3.38. The molecule has 0 saturated carbocycles. The summed E-state index contributed by atoms with van der Waals surface area (Å²) >= 11 is 0. The molecule has 130 valence electrons. The number of nitrogens with zero attached hydrogens (tertiary/aromatic N) is 2. The molecule has 1 N–H and O–H groups in total. The molecule has 3 aromatic rings. The molecule has 0 aliphatic carbocycles. The Morgan fingerprint density at radius 2 is 1.92 bits per heavy atom. The van der Waals surface area contributed by atoms with E-state index in [9.17, 15) is 13.6 Å². The monoisotopic (exact) mass is 345 g/mol. The zero-order chi connectivity index (χ0) is 17.8. The van der Waals surface area contributed by atoms with Gasteiger partial charge in [0.15, 0.2) is 0 Å². The molecule has 1 amide bonds. The van der Waals surface area contributed by atoms with Gasteiger partial charge >= 0.3 is 6.61 Å². The van der Waals surface area contributed by atoms with E-state index in [1.807, 2.05) is 35.8 Å². The fraction of sp³-hybridized carbons (Fsp3) is 0.222. The predicted molar refractivity (Wildman–Crippen MR) is 89.9 cm³/mol. The van der Waals surface area contributed by atoms with E-state index >= 15 is 0 Å². The van der Waals surface area contributed by atoms with Crippen molar-refractivity contribution >= 4 is 16.9 Å². The van der Waals surface area contributed by atoms with E-state index in [2.05, 4.69) is 15.0 Å². The lowest BCUT2D eigenvalue weighted by Gasteiger charge is -2.12. The number of amides is 1. The van der Waals surface area contributed by atoms with Crippen molar-refractivity contribution in [1.29, 1.82) is 0 Å². The Balaban J connectivity index is 1.68. The number of nitrogens with one attached hydrogen (secondary N) is 1. The molecule has 7 heteroatoms. The molecule has 0 aliphatic rings. The molecule has 1 aromatic heterocycles. The summed E-state index contributed by atoms with van der Waals surface area (Å²) in [6.07, 6.45) is 0. The number of fused-ring (bicyclic) bond motifs is 1. The lowest BCUT2D eigenvalue weighted by molar-refractivity contribution is -0.0501. The third kappa shape index (κ3) is 3.76. The molecule has 25 heavy (non-hydrogen) atoms. The zero-order valence-corrected chi connectivity index (χ0v) is 13.6. The Labute approximate surface area is 143 Å². The number of ether oxygens (including phenoxy) is 1. The van der Waals surface area contributed by atoms with Crippen molar-refractivity contribution in [2.45, 2.75) is 20.1 Å². The molecular formula is C18H17F2N3O2. The number of aromatic nitrogens is 2. The highest BCUT2D eigenvalue weighted by Gasteiger charge is 2.15. The summed E-state index contributed by atoms with van der Waals surface area (Å²) in [5.74, 6) is 0.245. The average molecular weight is 345 g/mol. The van der Waals surface area contributed by atoms with Gasteiger partial charge in [0, 0.05) is 13.1 Å². The Morgan fingerprint density at radius 1 is 1.20 bits per heavy atom. The van der Waals surface area contributed by atoms with Crippen LogP contribution in [0.25, 0.3) is 11.0 Å². The smallest absolute Gasteiger partial charge is 0.387 e. The number of hydrogen-bond donors (Lipinski definition) is 1. The maximum absolute atomic E-state index is 12.4. The topological polar surface area (TPSA) is 56.2 Å². The van der Waals surface area contributed by atoms with Gasteiger partial charge in [-0.1, -0.05) is 24.3 Å². The molecule has 0 radical (unpaired) electrons. The van der Waals surface area contributed by atoms with Crippen LogP contribution >= 0.6 is 0 Å². The van der Waals surface area contributed by atoms with Crippen molar-refractivity contribution in [1.82, 2.24) is 14.9 Å². The summed E-state index contributed by atoms with van der Waals surface area (Å²) in [6.45, 7) is -0.221. The minimum Gasteiger partial charge on any atom is -0.434 e. The fourth-order valence-corrected chi connectivity index (χ4v) is 2.71. The standard InChI is InChI=1S/C18H17F2N3O2/c1-12-22-14-7-3-4-8-15(14)23(12)11-10-21-17(24)13-6-2-5-9-16(13)25-18(19)20/h2-9,18H,10-11H2,1H3,(H,21,24). The summed E-state index contributed by atoms with van der Waals surface area (Å²) in [7, 11) is 0. The van der Waals surface area contributed by atoms with Crippen molar-refractivity contribution < 1.29 is 18.3 Å². The highest BCUT2D eigenvalue weighted by Crippen LogP contribution is 2.20. The number of carbonyl (C=O) groups is 1. The van der Waals surface area contributed by atoms with Gasteiger partial charge in [-0.2, -0.15) is 8.78 Å². The van der Waals surface area contributed by atoms with E-state index in [1.165, 1.54) is 18.2 Å². The van der Waals surface area contributed by atoms with Crippen LogP contribution in [0, 0.1) is 6.92 Å². The van der Waals surface area contributed by atoms with Crippen LogP contribution in [0.15, 0.2) is 48.5 Å². The SMILES string of the molecule is Cc1nc2ccccc2n1CCNC(=O)c1ccccc1OC(F)F. The maximum Gasteiger partial charge on any atom is 0.387 e. The van der Waals surface area contributed by atoms with Crippen LogP contribution < -0.4 is 10.1 Å². The van der Waals surface area contributed by atoms with Gasteiger partial charge in [-0.15, -0.1) is 0 Å². The molecule has 0 unspecified atom stereocenters. The van der Waals surface area contributed by atoms with Crippen molar-refractivity contribution in [2.75, 3.05) is 6.54 Å². The highest BCUT2D eigenvalue weighted by molar-refractivity contribution is 5.96. The second-order valence-corrected chi connectivity index (χ2v) is 5.43. The molecule has 0 fully saturated rings. The van der Waals surface area contributed by atoms with E-state index in [1.54, 1.807) is 6.07 Å². The largest absolute Gasteiger partial charge is 0.434 e. The first-order valence-corrected chi connectivity index (χ1v) is 7.80. The molecule has 2 aromatic carbocycles. The summed E-state index contributed by atoms with van der Waals surface area (Å²) in [5, 5.41) is 2.73. The van der Waals surface area contributed by atoms with Gasteiger partial charge < -0.3 is 14.6 Å². The number of carbonyl (C=O) groups excluding carboxylic acids is 1. The Hall–Kier alpha value is -2.96. The van der Waals surface area contributed by atoms with E-state index in [0.717, 1.165) is 16.9 Å². The summed E-state index contributed by atoms with van der Waals surface area (Å²) in [4.78, 5) is 16.7. The number of imidazole rings is 1. The van der Waals surface area contributed by atoms with Crippen LogP contribution in [0.5, 0.6) is 5.75 Å². The van der Waals surface area contributed by atoms with Crippen molar-refractivity contribution in [3.63, 3.8) is 0 Å². The number of aryl methyl sites for hydroxylation is 1. The number of hydrogen-bond acceptors (Lipinski definition) is 3. The molecule has 0 saturated heterocycles. The van der Waals surface area contributed by atoms with Gasteiger partial charge in [0.2, 0.25) is 0 Å². The highest BCUT2D eigenvalue weighted by atomic mass is 19.3. The summed E-state index contributed by atoms with van der Waals surface area (Å²) in [6, 6.07) is 13.7. The second kappa shape index (κ2) is 7.29. The second-order valence-electron chi connectivity index (χ2n) is 5.43. The van der Waals surface area contributed by atoms with E-state index in [0.29, 0.717) is 13.1 Å². The van der Waals surface area contributed by atoms with Crippen molar-refractivity contribution in [2.24, 2.45) is 0 Å². The van der Waals surface area contributed by atoms with Crippen LogP contribution in [0.2, 0.25) is 0 Å². The average Bonchev–Trinajstić information content (AvgIpc) is 2.90. The molecule has 0 atom stereocenters. The fourth-order valence-electron chi connectivity index (χ4n) is 2.71. The van der Waals surface area contributed by atoms with Gasteiger partial charge in [-0.3, -0.25) is 4.79 Å². The Bertz CT molecular complexity index is 893. The lowest BCUT2D eigenvalue weighted by Crippen LogP contribution is -2.28. The van der Waals surface area contributed by atoms with E-state index in [4.69, 9.17) is 0 Å². The van der Waals surface area contributed by atoms with Gasteiger partial charge in [-0.05, 0) is 31.2 Å². The minimum atomic E-state index is -2.98. The first-order valence-electron chi connectivity index (χ1n) is 7.80. The van der Waals surface area contributed by atoms with Crippen molar-refractivity contribution in [3.8, 4) is 5.75 Å². The van der Waals surface area contributed by atoms with Gasteiger partial charge in [-0.25, -0.2) is 4.98 Å². The Morgan fingerprint density at radius 3 is 2.72 bits per heavy atom. The molecule has 0 aliphatic heterocycles. The van der Waals surface area contributed by atoms with Crippen LogP contribution in [-0.4, -0.2) is 28.6 Å². The number of halogens is 2. The normalized spacial score (nSPS) is 11.0. The van der Waals surface area contributed by atoms with Gasteiger partial charge in [0.25, 0.3) is 5.91 Å². The lowest BCUT2D eigenvalue weighted by atomic mass is 10.2. The first-order chi connectivity index (χ1) is 12.1. The zero-order valence-electron chi connectivity index (χ0n) is 13.6. The molecule has 0 bridgehead atoms. The number of rotatable bonds is 6. The maximum atomic E-state index is 12.4. The van der Waals surface area contributed by atoms with Crippen molar-refractivity contribution in [3.05, 3.63) is 59.9 Å². The third-order valence-electron chi connectivity index (χ3n) is 3.81. The molecule has 5 nitrogen and oxygen atoms in total. The third-order valence-corrected chi connectivity index (χ3v) is 3.81. The summed E-state index contributed by atoms with van der Waals surface area (Å²) < 4.78 is 31.2. The van der Waals surface area contributed by atoms with Crippen LogP contribution in [0.1, 0.15) is 16.2 Å². The minimum absolute atomic E-state index is 0.0787. The van der Waals surface area contributed by atoms with Crippen LogP contribution in [-0.2, 0) is 6.54 Å². The summed E-state index contributed by atoms with van der Waals surface area (Å²) in [5.41, 5.74) is 1.95. The van der Waals surface area contributed by atoms with Crippen LogP contribution in [0.3, 0.4) is 0 Å². The van der Waals surface area contributed by atoms with Gasteiger partial charge in [0.1, 0.15) is 11.6 Å². The number of benzene rings is 2. The molecule has 1 heterocycles. The molecular weight excluding hydrogens is 328 g/mol. The van der Waals surface area contributed by atoms with Gasteiger partial charge in [0.05, 0.1) is 16.6 Å². The van der Waals surface area contributed by atoms with Crippen LogP contribution in [0.4, 0.5) is 8.78 Å². The van der Waals surface area contributed by atoms with E-state index in [-0.39, 0.29) is 11.3 Å². The number of para-hydroxylation sites is 3. The Kier molecular flexibility index (Phi) is 4.92. The molecule has 0 spiro atoms. The molecule has 3 rings (SSSR count). The number of alkyl halides is 2. The van der Waals surface area contributed by atoms with E-state index < -0.39 is 12.5 Å².